The van der Waals surface area contributed by atoms with E-state index in [9.17, 15) is 14.4 Å². The summed E-state index contributed by atoms with van der Waals surface area (Å²) in [7, 11) is 0. The third kappa shape index (κ3) is 2.49. The number of amides is 4. The van der Waals surface area contributed by atoms with Crippen molar-refractivity contribution in [3.05, 3.63) is 11.1 Å². The summed E-state index contributed by atoms with van der Waals surface area (Å²) in [6, 6.07) is -0.687. The highest BCUT2D eigenvalue weighted by Gasteiger charge is 2.41. The highest BCUT2D eigenvalue weighted by molar-refractivity contribution is 9.11. The van der Waals surface area contributed by atoms with E-state index >= 15 is 0 Å². The standard InChI is InChI=1S/C10H13BrN2O3/c1-5(2)7-8(14)12-10(16)13(9(7)15)4-6(3)11/h5,7H,3-4H2,1-2H3,(H,12,14,16). The molecule has 88 valence electrons. The molecule has 1 aliphatic rings. The van der Waals surface area contributed by atoms with Crippen molar-refractivity contribution in [3.8, 4) is 0 Å². The fourth-order valence-electron chi connectivity index (χ4n) is 1.54. The molecule has 16 heavy (non-hydrogen) atoms. The zero-order chi connectivity index (χ0) is 12.5. The lowest BCUT2D eigenvalue weighted by molar-refractivity contribution is -0.144. The molecular formula is C10H13BrN2O3. The van der Waals surface area contributed by atoms with Crippen LogP contribution in [0.15, 0.2) is 11.1 Å². The third-order valence-corrected chi connectivity index (χ3v) is 2.54. The van der Waals surface area contributed by atoms with E-state index in [4.69, 9.17) is 0 Å². The van der Waals surface area contributed by atoms with E-state index in [0.29, 0.717) is 4.48 Å². The second kappa shape index (κ2) is 4.78. The van der Waals surface area contributed by atoms with E-state index in [-0.39, 0.29) is 12.5 Å². The molecule has 1 unspecified atom stereocenters. The van der Waals surface area contributed by atoms with E-state index in [1.54, 1.807) is 13.8 Å². The zero-order valence-electron chi connectivity index (χ0n) is 9.12. The van der Waals surface area contributed by atoms with E-state index in [1.165, 1.54) is 0 Å². The second-order valence-electron chi connectivity index (χ2n) is 3.96. The first-order chi connectivity index (χ1) is 7.34. The molecule has 6 heteroatoms. The van der Waals surface area contributed by atoms with Crippen LogP contribution >= 0.6 is 15.9 Å². The van der Waals surface area contributed by atoms with Crippen LogP contribution in [0.25, 0.3) is 0 Å². The first kappa shape index (κ1) is 12.9. The Morgan fingerprint density at radius 2 is 2.06 bits per heavy atom. The van der Waals surface area contributed by atoms with E-state index < -0.39 is 23.8 Å². The molecule has 1 saturated heterocycles. The number of hydrogen-bond acceptors (Lipinski definition) is 3. The number of nitrogens with one attached hydrogen (secondary N) is 1. The van der Waals surface area contributed by atoms with Crippen molar-refractivity contribution in [1.82, 2.24) is 10.2 Å². The lowest BCUT2D eigenvalue weighted by Gasteiger charge is -2.31. The SMILES string of the molecule is C=C(Br)CN1C(=O)NC(=O)C(C(C)C)C1=O. The van der Waals surface area contributed by atoms with Gasteiger partial charge in [-0.25, -0.2) is 4.79 Å². The van der Waals surface area contributed by atoms with Gasteiger partial charge < -0.3 is 0 Å². The molecule has 1 atom stereocenters. The number of barbiturate groups is 1. The van der Waals surface area contributed by atoms with Crippen molar-refractivity contribution in [1.29, 1.82) is 0 Å². The lowest BCUT2D eigenvalue weighted by Crippen LogP contribution is -2.59. The Morgan fingerprint density at radius 1 is 1.50 bits per heavy atom. The van der Waals surface area contributed by atoms with Crippen LogP contribution in [-0.2, 0) is 9.59 Å². The van der Waals surface area contributed by atoms with Gasteiger partial charge in [0, 0.05) is 4.48 Å². The van der Waals surface area contributed by atoms with Crippen LogP contribution in [0.3, 0.4) is 0 Å². The van der Waals surface area contributed by atoms with Gasteiger partial charge in [0.1, 0.15) is 5.92 Å². The van der Waals surface area contributed by atoms with Crippen LogP contribution in [0.5, 0.6) is 0 Å². The highest BCUT2D eigenvalue weighted by atomic mass is 79.9. The monoisotopic (exact) mass is 288 g/mol. The molecule has 5 nitrogen and oxygen atoms in total. The Bertz CT molecular complexity index is 365. The molecule has 1 fully saturated rings. The lowest BCUT2D eigenvalue weighted by atomic mass is 9.92. The maximum absolute atomic E-state index is 11.9. The topological polar surface area (TPSA) is 66.5 Å². The van der Waals surface area contributed by atoms with Crippen LogP contribution in [0.4, 0.5) is 4.79 Å². The second-order valence-corrected chi connectivity index (χ2v) is 5.08. The maximum atomic E-state index is 11.9. The molecule has 0 aliphatic carbocycles. The molecule has 0 saturated carbocycles. The number of halogens is 1. The largest absolute Gasteiger partial charge is 0.331 e. The van der Waals surface area contributed by atoms with Gasteiger partial charge in [0.2, 0.25) is 11.8 Å². The van der Waals surface area contributed by atoms with Crippen molar-refractivity contribution in [2.24, 2.45) is 11.8 Å². The summed E-state index contributed by atoms with van der Waals surface area (Å²) in [4.78, 5) is 35.8. The number of carbonyl (C=O) groups is 3. The van der Waals surface area contributed by atoms with Gasteiger partial charge in [-0.05, 0) is 5.92 Å². The summed E-state index contributed by atoms with van der Waals surface area (Å²) in [6.45, 7) is 7.16. The molecule has 1 aliphatic heterocycles. The van der Waals surface area contributed by atoms with Gasteiger partial charge in [-0.1, -0.05) is 36.4 Å². The molecule has 0 aromatic carbocycles. The third-order valence-electron chi connectivity index (χ3n) is 2.29. The van der Waals surface area contributed by atoms with Gasteiger partial charge in [0.05, 0.1) is 6.54 Å². The molecule has 4 amide bonds. The number of urea groups is 1. The first-order valence-corrected chi connectivity index (χ1v) is 5.63. The quantitative estimate of drug-likeness (QED) is 0.795. The Hall–Kier alpha value is -1.17. The van der Waals surface area contributed by atoms with Crippen LogP contribution in [0, 0.1) is 11.8 Å². The summed E-state index contributed by atoms with van der Waals surface area (Å²) in [6.07, 6.45) is 0. The molecule has 0 radical (unpaired) electrons. The number of rotatable bonds is 3. The van der Waals surface area contributed by atoms with E-state index in [0.717, 1.165) is 4.90 Å². The predicted octanol–water partition coefficient (Wildman–Crippen LogP) is 1.25. The average Bonchev–Trinajstić information content (AvgIpc) is 2.10. The first-order valence-electron chi connectivity index (χ1n) is 4.84. The summed E-state index contributed by atoms with van der Waals surface area (Å²) in [5, 5.41) is 2.16. The minimum atomic E-state index is -0.801. The molecular weight excluding hydrogens is 276 g/mol. The summed E-state index contributed by atoms with van der Waals surface area (Å²) < 4.78 is 0.507. The number of hydrogen-bond donors (Lipinski definition) is 1. The summed E-state index contributed by atoms with van der Waals surface area (Å²) in [5.74, 6) is -1.94. The maximum Gasteiger partial charge on any atom is 0.331 e. The van der Waals surface area contributed by atoms with Crippen LogP contribution < -0.4 is 5.32 Å². The van der Waals surface area contributed by atoms with Gasteiger partial charge in [-0.3, -0.25) is 19.8 Å². The average molecular weight is 289 g/mol. The summed E-state index contributed by atoms with van der Waals surface area (Å²) >= 11 is 3.08. The van der Waals surface area contributed by atoms with Crippen molar-refractivity contribution in [3.63, 3.8) is 0 Å². The van der Waals surface area contributed by atoms with Gasteiger partial charge in [-0.2, -0.15) is 0 Å². The minimum Gasteiger partial charge on any atom is -0.277 e. The zero-order valence-corrected chi connectivity index (χ0v) is 10.7. The number of carbonyl (C=O) groups excluding carboxylic acids is 3. The fourth-order valence-corrected chi connectivity index (χ4v) is 1.79. The molecule has 0 aromatic heterocycles. The van der Waals surface area contributed by atoms with Crippen molar-refractivity contribution >= 4 is 33.8 Å². The van der Waals surface area contributed by atoms with E-state index in [1.807, 2.05) is 0 Å². The van der Waals surface area contributed by atoms with Crippen molar-refractivity contribution in [2.45, 2.75) is 13.8 Å². The molecule has 1 heterocycles. The van der Waals surface area contributed by atoms with Crippen molar-refractivity contribution in [2.75, 3.05) is 6.54 Å². The highest BCUT2D eigenvalue weighted by Crippen LogP contribution is 2.20. The Labute approximate surface area is 102 Å². The van der Waals surface area contributed by atoms with Crippen LogP contribution in [0.2, 0.25) is 0 Å². The van der Waals surface area contributed by atoms with Crippen molar-refractivity contribution < 1.29 is 14.4 Å². The number of nitrogens with zero attached hydrogens (tertiary/aromatic N) is 1. The van der Waals surface area contributed by atoms with Gasteiger partial charge >= 0.3 is 6.03 Å². The Morgan fingerprint density at radius 3 is 2.50 bits per heavy atom. The fraction of sp³-hybridized carbons (Fsp3) is 0.500. The number of imide groups is 2. The summed E-state index contributed by atoms with van der Waals surface area (Å²) in [5.41, 5.74) is 0. The minimum absolute atomic E-state index is 0.0706. The van der Waals surface area contributed by atoms with Gasteiger partial charge in [0.15, 0.2) is 0 Å². The molecule has 0 bridgehead atoms. The normalized spacial score (nSPS) is 21.4. The van der Waals surface area contributed by atoms with Gasteiger partial charge in [-0.15, -0.1) is 0 Å². The Balaban J connectivity index is 2.94. The molecule has 1 N–H and O–H groups in total. The molecule has 0 spiro atoms. The van der Waals surface area contributed by atoms with Crippen LogP contribution in [0.1, 0.15) is 13.8 Å². The molecule has 0 aromatic rings. The predicted molar refractivity (Wildman–Crippen MR) is 61.6 cm³/mol. The molecule has 1 rings (SSSR count). The van der Waals surface area contributed by atoms with Crippen LogP contribution in [-0.4, -0.2) is 29.3 Å². The van der Waals surface area contributed by atoms with Gasteiger partial charge in [0.25, 0.3) is 0 Å². The van der Waals surface area contributed by atoms with E-state index in [2.05, 4.69) is 27.8 Å². The Kier molecular flexibility index (Phi) is 3.85. The smallest absolute Gasteiger partial charge is 0.277 e.